The van der Waals surface area contributed by atoms with Crippen LogP contribution in [0.1, 0.15) is 12.8 Å². The highest BCUT2D eigenvalue weighted by atomic mass is 16.5. The summed E-state index contributed by atoms with van der Waals surface area (Å²) in [5.41, 5.74) is 2.39. The van der Waals surface area contributed by atoms with Crippen LogP contribution in [0.2, 0.25) is 0 Å². The maximum absolute atomic E-state index is 8.28. The van der Waals surface area contributed by atoms with E-state index in [1.54, 1.807) is 0 Å². The molecule has 0 spiro atoms. The summed E-state index contributed by atoms with van der Waals surface area (Å²) in [6.07, 6.45) is 4.25. The van der Waals surface area contributed by atoms with Crippen molar-refractivity contribution in [2.24, 2.45) is 5.41 Å². The number of hydrogen-bond acceptors (Lipinski definition) is 2. The molecule has 0 radical (unpaired) electrons. The monoisotopic (exact) mass is 113 g/mol. The molecule has 1 saturated carbocycles. The molecule has 0 atom stereocenters. The molecule has 0 aliphatic heterocycles. The Morgan fingerprint density at radius 1 is 1.75 bits per heavy atom. The zero-order valence-corrected chi connectivity index (χ0v) is 4.85. The molecule has 0 aromatic heterocycles. The molecule has 0 amide bonds. The molecule has 0 bridgehead atoms. The Morgan fingerprint density at radius 2 is 2.38 bits per heavy atom. The summed E-state index contributed by atoms with van der Waals surface area (Å²) in [7, 11) is 0. The van der Waals surface area contributed by atoms with E-state index in [0.29, 0.717) is 6.54 Å². The van der Waals surface area contributed by atoms with Gasteiger partial charge in [0.2, 0.25) is 0 Å². The molecule has 1 rings (SSSR count). The third-order valence-electron chi connectivity index (χ3n) is 1.76. The first kappa shape index (κ1) is 5.79. The van der Waals surface area contributed by atoms with Crippen LogP contribution in [0.4, 0.5) is 0 Å². The molecule has 1 aliphatic carbocycles. The summed E-state index contributed by atoms with van der Waals surface area (Å²) in [5.74, 6) is 0. The van der Waals surface area contributed by atoms with E-state index in [0.717, 1.165) is 0 Å². The predicted molar refractivity (Wildman–Crippen MR) is 31.7 cm³/mol. The highest BCUT2D eigenvalue weighted by Gasteiger charge is 2.38. The van der Waals surface area contributed by atoms with Gasteiger partial charge < -0.3 is 5.21 Å². The molecule has 0 heterocycles. The fraction of sp³-hybridized carbons (Fsp3) is 0.667. The van der Waals surface area contributed by atoms with Crippen molar-refractivity contribution in [3.8, 4) is 0 Å². The van der Waals surface area contributed by atoms with E-state index in [4.69, 9.17) is 5.21 Å². The average Bonchev–Trinajstić information content (AvgIpc) is 2.50. The molecule has 0 aromatic rings. The van der Waals surface area contributed by atoms with Crippen molar-refractivity contribution < 1.29 is 5.21 Å². The summed E-state index contributed by atoms with van der Waals surface area (Å²) < 4.78 is 0. The molecule has 8 heavy (non-hydrogen) atoms. The molecule has 1 fully saturated rings. The number of rotatable bonds is 3. The van der Waals surface area contributed by atoms with Gasteiger partial charge in [-0.05, 0) is 12.8 Å². The van der Waals surface area contributed by atoms with Gasteiger partial charge in [-0.3, -0.25) is 0 Å². The van der Waals surface area contributed by atoms with E-state index in [-0.39, 0.29) is 5.41 Å². The van der Waals surface area contributed by atoms with E-state index in [9.17, 15) is 0 Å². The molecule has 2 N–H and O–H groups in total. The van der Waals surface area contributed by atoms with Crippen LogP contribution in [0.3, 0.4) is 0 Å². The van der Waals surface area contributed by atoms with Crippen LogP contribution in [0.25, 0.3) is 0 Å². The number of hydrogen-bond donors (Lipinski definition) is 2. The van der Waals surface area contributed by atoms with Crippen LogP contribution in [0.15, 0.2) is 12.7 Å². The Balaban J connectivity index is 2.30. The minimum atomic E-state index is 0.245. The van der Waals surface area contributed by atoms with Crippen molar-refractivity contribution in [1.29, 1.82) is 0 Å². The first-order valence-corrected chi connectivity index (χ1v) is 2.83. The second-order valence-electron chi connectivity index (χ2n) is 2.40. The Labute approximate surface area is 49.2 Å². The van der Waals surface area contributed by atoms with Gasteiger partial charge in [-0.25, -0.2) is 5.48 Å². The SMILES string of the molecule is C=CC1(CNO)CC1. The standard InChI is InChI=1S/C6H11NO/c1-2-6(3-4-6)5-7-8/h2,7-8H,1,3-5H2. The topological polar surface area (TPSA) is 32.3 Å². The molecular formula is C6H11NO. The average molecular weight is 113 g/mol. The summed E-state index contributed by atoms with van der Waals surface area (Å²) in [6, 6.07) is 0. The second kappa shape index (κ2) is 1.88. The lowest BCUT2D eigenvalue weighted by Gasteiger charge is -2.04. The smallest absolute Gasteiger partial charge is 0.0298 e. The van der Waals surface area contributed by atoms with Gasteiger partial charge in [0, 0.05) is 12.0 Å². The van der Waals surface area contributed by atoms with E-state index in [1.807, 2.05) is 6.08 Å². The lowest BCUT2D eigenvalue weighted by atomic mass is 10.1. The zero-order valence-electron chi connectivity index (χ0n) is 4.85. The Hall–Kier alpha value is -0.340. The fourth-order valence-electron chi connectivity index (χ4n) is 0.771. The first-order valence-electron chi connectivity index (χ1n) is 2.83. The van der Waals surface area contributed by atoms with Gasteiger partial charge in [0.05, 0.1) is 0 Å². The van der Waals surface area contributed by atoms with Gasteiger partial charge in [0.1, 0.15) is 0 Å². The lowest BCUT2D eigenvalue weighted by molar-refractivity contribution is 0.152. The Kier molecular flexibility index (Phi) is 1.36. The van der Waals surface area contributed by atoms with Crippen LogP contribution < -0.4 is 5.48 Å². The van der Waals surface area contributed by atoms with Crippen molar-refractivity contribution >= 4 is 0 Å². The highest BCUT2D eigenvalue weighted by molar-refractivity contribution is 5.06. The predicted octanol–water partition coefficient (Wildman–Crippen LogP) is 0.931. The highest BCUT2D eigenvalue weighted by Crippen LogP contribution is 2.45. The molecular weight excluding hydrogens is 102 g/mol. The summed E-state index contributed by atoms with van der Waals surface area (Å²) in [5, 5.41) is 8.28. The first-order chi connectivity index (χ1) is 3.83. The Bertz CT molecular complexity index is 96.7. The van der Waals surface area contributed by atoms with Crippen molar-refractivity contribution in [2.45, 2.75) is 12.8 Å². The molecule has 0 saturated heterocycles. The van der Waals surface area contributed by atoms with Crippen LogP contribution in [-0.4, -0.2) is 11.8 Å². The fourth-order valence-corrected chi connectivity index (χ4v) is 0.771. The van der Waals surface area contributed by atoms with Gasteiger partial charge in [-0.2, -0.15) is 0 Å². The van der Waals surface area contributed by atoms with E-state index >= 15 is 0 Å². The maximum atomic E-state index is 8.28. The van der Waals surface area contributed by atoms with Crippen LogP contribution in [0, 0.1) is 5.41 Å². The number of hydroxylamine groups is 1. The van der Waals surface area contributed by atoms with Crippen LogP contribution in [0.5, 0.6) is 0 Å². The van der Waals surface area contributed by atoms with Crippen LogP contribution in [-0.2, 0) is 0 Å². The maximum Gasteiger partial charge on any atom is 0.0298 e. The van der Waals surface area contributed by atoms with Crippen molar-refractivity contribution in [2.75, 3.05) is 6.54 Å². The van der Waals surface area contributed by atoms with Gasteiger partial charge >= 0.3 is 0 Å². The van der Waals surface area contributed by atoms with E-state index < -0.39 is 0 Å². The van der Waals surface area contributed by atoms with Crippen molar-refractivity contribution in [3.05, 3.63) is 12.7 Å². The summed E-state index contributed by atoms with van der Waals surface area (Å²) in [6.45, 7) is 4.33. The van der Waals surface area contributed by atoms with Crippen molar-refractivity contribution in [3.63, 3.8) is 0 Å². The number of nitrogens with one attached hydrogen (secondary N) is 1. The lowest BCUT2D eigenvalue weighted by Crippen LogP contribution is -2.18. The molecule has 1 aliphatic rings. The molecule has 2 heteroatoms. The quantitative estimate of drug-likeness (QED) is 0.421. The second-order valence-corrected chi connectivity index (χ2v) is 2.40. The third-order valence-corrected chi connectivity index (χ3v) is 1.76. The minimum absolute atomic E-state index is 0.245. The van der Waals surface area contributed by atoms with Crippen LogP contribution >= 0.6 is 0 Å². The zero-order chi connectivity index (χ0) is 6.04. The minimum Gasteiger partial charge on any atom is -0.317 e. The normalized spacial score (nSPS) is 22.6. The van der Waals surface area contributed by atoms with E-state index in [2.05, 4.69) is 12.1 Å². The largest absolute Gasteiger partial charge is 0.317 e. The van der Waals surface area contributed by atoms with Crippen molar-refractivity contribution in [1.82, 2.24) is 5.48 Å². The third kappa shape index (κ3) is 0.904. The molecule has 0 unspecified atom stereocenters. The van der Waals surface area contributed by atoms with E-state index in [1.165, 1.54) is 12.8 Å². The Morgan fingerprint density at radius 3 is 2.50 bits per heavy atom. The molecule has 46 valence electrons. The molecule has 2 nitrogen and oxygen atoms in total. The van der Waals surface area contributed by atoms with Gasteiger partial charge in [0.25, 0.3) is 0 Å². The van der Waals surface area contributed by atoms with Gasteiger partial charge in [-0.15, -0.1) is 6.58 Å². The van der Waals surface area contributed by atoms with Gasteiger partial charge in [0.15, 0.2) is 0 Å². The molecule has 0 aromatic carbocycles. The summed E-state index contributed by atoms with van der Waals surface area (Å²) >= 11 is 0. The summed E-state index contributed by atoms with van der Waals surface area (Å²) in [4.78, 5) is 0. The van der Waals surface area contributed by atoms with Gasteiger partial charge in [-0.1, -0.05) is 6.08 Å².